The van der Waals surface area contributed by atoms with Gasteiger partial charge in [-0.05, 0) is 36.8 Å². The molecule has 2 aliphatic rings. The van der Waals surface area contributed by atoms with Crippen molar-refractivity contribution in [2.24, 2.45) is 4.99 Å². The van der Waals surface area contributed by atoms with Gasteiger partial charge in [0.25, 0.3) is 0 Å². The molecule has 0 amide bonds. The van der Waals surface area contributed by atoms with Crippen LogP contribution >= 0.6 is 0 Å². The number of benzene rings is 1. The van der Waals surface area contributed by atoms with Gasteiger partial charge in [0.15, 0.2) is 0 Å². The molecule has 2 aliphatic heterocycles. The number of alkyl halides is 3. The van der Waals surface area contributed by atoms with Crippen LogP contribution in [0.25, 0.3) is 0 Å². The first kappa shape index (κ1) is 17.8. The molecule has 4 rings (SSSR count). The van der Waals surface area contributed by atoms with Gasteiger partial charge in [0.2, 0.25) is 0 Å². The van der Waals surface area contributed by atoms with E-state index in [1.54, 1.807) is 19.4 Å². The summed E-state index contributed by atoms with van der Waals surface area (Å²) in [6.07, 6.45) is -3.04. The number of nitrogens with zero attached hydrogens (tertiary/aromatic N) is 3. The van der Waals surface area contributed by atoms with E-state index in [4.69, 9.17) is 4.74 Å². The van der Waals surface area contributed by atoms with E-state index < -0.39 is 6.36 Å². The normalized spacial score (nSPS) is 18.0. The van der Waals surface area contributed by atoms with E-state index in [9.17, 15) is 13.2 Å². The summed E-state index contributed by atoms with van der Waals surface area (Å²) < 4.78 is 47.0. The quantitative estimate of drug-likeness (QED) is 0.818. The fourth-order valence-electron chi connectivity index (χ4n) is 3.40. The van der Waals surface area contributed by atoms with E-state index in [0.717, 1.165) is 30.0 Å². The van der Waals surface area contributed by atoms with Gasteiger partial charge in [0.1, 0.15) is 11.6 Å². The summed E-state index contributed by atoms with van der Waals surface area (Å²) >= 11 is 0. The molecule has 1 aromatic carbocycles. The van der Waals surface area contributed by atoms with Crippen molar-refractivity contribution in [3.8, 4) is 5.75 Å². The van der Waals surface area contributed by atoms with Gasteiger partial charge in [-0.15, -0.1) is 13.2 Å². The molecule has 1 fully saturated rings. The van der Waals surface area contributed by atoms with Crippen LogP contribution in [0.3, 0.4) is 0 Å². The van der Waals surface area contributed by atoms with Crippen LogP contribution in [-0.2, 0) is 11.3 Å². The highest BCUT2D eigenvalue weighted by Crippen LogP contribution is 2.32. The molecule has 0 spiro atoms. The third kappa shape index (κ3) is 3.49. The third-order valence-corrected chi connectivity index (χ3v) is 4.86. The maximum atomic E-state index is 12.5. The van der Waals surface area contributed by atoms with E-state index in [-0.39, 0.29) is 11.4 Å². The zero-order valence-electron chi connectivity index (χ0n) is 14.9. The molecular formula is C19H18F3N3O2. The highest BCUT2D eigenvalue weighted by atomic mass is 19.4. The summed E-state index contributed by atoms with van der Waals surface area (Å²) in [5.41, 5.74) is 2.80. The number of hydrogen-bond acceptors (Lipinski definition) is 5. The van der Waals surface area contributed by atoms with Gasteiger partial charge in [-0.2, -0.15) is 0 Å². The van der Waals surface area contributed by atoms with Gasteiger partial charge in [-0.3, -0.25) is 4.99 Å². The van der Waals surface area contributed by atoms with Crippen molar-refractivity contribution < 1.29 is 22.6 Å². The molecule has 0 unspecified atom stereocenters. The van der Waals surface area contributed by atoms with Crippen molar-refractivity contribution in [2.45, 2.75) is 25.4 Å². The molecule has 5 nitrogen and oxygen atoms in total. The topological polar surface area (TPSA) is 47.0 Å². The summed E-state index contributed by atoms with van der Waals surface area (Å²) in [6, 6.07) is 8.04. The lowest BCUT2D eigenvalue weighted by Crippen LogP contribution is -2.61. The summed E-state index contributed by atoms with van der Waals surface area (Å²) in [6.45, 7) is 3.92. The van der Waals surface area contributed by atoms with Crippen molar-refractivity contribution in [1.82, 2.24) is 4.98 Å². The lowest BCUT2D eigenvalue weighted by Gasteiger charge is -2.47. The van der Waals surface area contributed by atoms with Crippen LogP contribution in [0.4, 0.5) is 19.0 Å². The Labute approximate surface area is 154 Å². The van der Waals surface area contributed by atoms with E-state index in [1.165, 1.54) is 12.1 Å². The predicted octanol–water partition coefficient (Wildman–Crippen LogP) is 3.56. The Morgan fingerprint density at radius 2 is 1.93 bits per heavy atom. The summed E-state index contributed by atoms with van der Waals surface area (Å²) in [4.78, 5) is 11.0. The molecule has 0 bridgehead atoms. The summed E-state index contributed by atoms with van der Waals surface area (Å²) in [7, 11) is 1.69. The summed E-state index contributed by atoms with van der Waals surface area (Å²) in [5.74, 6) is 0.546. The average molecular weight is 377 g/mol. The zero-order chi connectivity index (χ0) is 19.2. The Balaban J connectivity index is 1.60. The molecule has 0 radical (unpaired) electrons. The van der Waals surface area contributed by atoms with Crippen molar-refractivity contribution in [3.05, 3.63) is 53.2 Å². The molecule has 1 saturated heterocycles. The van der Waals surface area contributed by atoms with Crippen LogP contribution in [0.15, 0.2) is 41.5 Å². The first-order chi connectivity index (χ1) is 12.8. The number of ether oxygens (including phenoxy) is 2. The maximum Gasteiger partial charge on any atom is 0.573 e. The Hall–Kier alpha value is -2.61. The first-order valence-corrected chi connectivity index (χ1v) is 8.46. The van der Waals surface area contributed by atoms with Crippen molar-refractivity contribution in [1.29, 1.82) is 0 Å². The van der Waals surface area contributed by atoms with Crippen molar-refractivity contribution in [2.75, 3.05) is 25.1 Å². The summed E-state index contributed by atoms with van der Waals surface area (Å²) in [5, 5.41) is 0. The van der Waals surface area contributed by atoms with Crippen LogP contribution in [0.5, 0.6) is 5.75 Å². The SMILES string of the molecule is COC1(C)CN(c2cc(C3=NCc4ccc(OC(F)(F)F)cc43)ccn2)C1. The lowest BCUT2D eigenvalue weighted by molar-refractivity contribution is -0.274. The van der Waals surface area contributed by atoms with E-state index in [1.807, 2.05) is 19.1 Å². The molecule has 0 saturated carbocycles. The monoisotopic (exact) mass is 377 g/mol. The molecule has 8 heteroatoms. The van der Waals surface area contributed by atoms with Crippen LogP contribution in [0, 0.1) is 0 Å². The molecule has 27 heavy (non-hydrogen) atoms. The Bertz CT molecular complexity index is 905. The lowest BCUT2D eigenvalue weighted by atomic mass is 9.95. The maximum absolute atomic E-state index is 12.5. The van der Waals surface area contributed by atoms with E-state index in [0.29, 0.717) is 17.8 Å². The smallest absolute Gasteiger partial charge is 0.406 e. The van der Waals surface area contributed by atoms with Gasteiger partial charge < -0.3 is 14.4 Å². The second kappa shape index (κ2) is 6.23. The minimum absolute atomic E-state index is 0.182. The van der Waals surface area contributed by atoms with Crippen LogP contribution in [0.1, 0.15) is 23.6 Å². The number of aromatic nitrogens is 1. The largest absolute Gasteiger partial charge is 0.573 e. The average Bonchev–Trinajstić information content (AvgIpc) is 3.01. The minimum Gasteiger partial charge on any atom is -0.406 e. The Kier molecular flexibility index (Phi) is 4.10. The number of hydrogen-bond donors (Lipinski definition) is 0. The molecule has 142 valence electrons. The van der Waals surface area contributed by atoms with Gasteiger partial charge in [-0.25, -0.2) is 4.98 Å². The van der Waals surface area contributed by atoms with Crippen molar-refractivity contribution in [3.63, 3.8) is 0 Å². The minimum atomic E-state index is -4.72. The Morgan fingerprint density at radius 1 is 1.15 bits per heavy atom. The zero-order valence-corrected chi connectivity index (χ0v) is 14.9. The second-order valence-corrected chi connectivity index (χ2v) is 6.94. The van der Waals surface area contributed by atoms with Crippen LogP contribution in [0.2, 0.25) is 0 Å². The fraction of sp³-hybridized carbons (Fsp3) is 0.368. The van der Waals surface area contributed by atoms with Crippen molar-refractivity contribution >= 4 is 11.5 Å². The number of pyridine rings is 1. The highest BCUT2D eigenvalue weighted by Gasteiger charge is 2.39. The third-order valence-electron chi connectivity index (χ3n) is 4.86. The Morgan fingerprint density at radius 3 is 2.63 bits per heavy atom. The first-order valence-electron chi connectivity index (χ1n) is 8.46. The molecular weight excluding hydrogens is 359 g/mol. The van der Waals surface area contributed by atoms with Crippen LogP contribution in [-0.4, -0.2) is 42.9 Å². The predicted molar refractivity (Wildman–Crippen MR) is 94.3 cm³/mol. The number of aliphatic imine (C=N–C) groups is 1. The standard InChI is InChI=1S/C19H18F3N3O2/c1-18(26-2)10-25(11-18)16-7-12(5-6-23-16)17-15-8-14(27-19(20,21)22)4-3-13(15)9-24-17/h3-8H,9-11H2,1-2H3. The number of methoxy groups -OCH3 is 1. The van der Waals surface area contributed by atoms with Gasteiger partial charge in [0.05, 0.1) is 17.9 Å². The van der Waals surface area contributed by atoms with E-state index in [2.05, 4.69) is 19.6 Å². The van der Waals surface area contributed by atoms with Gasteiger partial charge in [0, 0.05) is 37.5 Å². The molecule has 2 aromatic rings. The molecule has 1 aromatic heterocycles. The number of anilines is 1. The number of halogens is 3. The molecule has 0 N–H and O–H groups in total. The van der Waals surface area contributed by atoms with E-state index >= 15 is 0 Å². The molecule has 0 aliphatic carbocycles. The number of fused-ring (bicyclic) bond motifs is 1. The number of rotatable bonds is 4. The molecule has 0 atom stereocenters. The van der Waals surface area contributed by atoms with Crippen LogP contribution < -0.4 is 9.64 Å². The van der Waals surface area contributed by atoms with Gasteiger partial charge >= 0.3 is 6.36 Å². The molecule has 3 heterocycles. The van der Waals surface area contributed by atoms with Gasteiger partial charge in [-0.1, -0.05) is 6.07 Å². The fourth-order valence-corrected chi connectivity index (χ4v) is 3.40. The second-order valence-electron chi connectivity index (χ2n) is 6.94. The highest BCUT2D eigenvalue weighted by molar-refractivity contribution is 6.15.